The van der Waals surface area contributed by atoms with Gasteiger partial charge in [0.2, 0.25) is 0 Å². The van der Waals surface area contributed by atoms with E-state index in [0.29, 0.717) is 28.2 Å². The Balaban J connectivity index is 1.82. The minimum atomic E-state index is -0.885. The summed E-state index contributed by atoms with van der Waals surface area (Å²) in [5.41, 5.74) is 1.17. The maximum atomic E-state index is 13.0. The Morgan fingerprint density at radius 3 is 2.24 bits per heavy atom. The van der Waals surface area contributed by atoms with Crippen LogP contribution < -0.4 is 4.74 Å². The Morgan fingerprint density at radius 1 is 1.00 bits per heavy atom. The zero-order valence-electron chi connectivity index (χ0n) is 18.0. The zero-order valence-corrected chi connectivity index (χ0v) is 18.0. The van der Waals surface area contributed by atoms with Crippen molar-refractivity contribution in [2.45, 2.75) is 12.6 Å². The predicted molar refractivity (Wildman–Crippen MR) is 117 cm³/mol. The molecule has 1 amide bonds. The summed E-state index contributed by atoms with van der Waals surface area (Å²) in [7, 11) is 2.80. The maximum Gasteiger partial charge on any atom is 0.337 e. The second-order valence-electron chi connectivity index (χ2n) is 7.35. The van der Waals surface area contributed by atoms with Gasteiger partial charge in [0.25, 0.3) is 11.7 Å². The lowest BCUT2D eigenvalue weighted by atomic mass is 9.94. The highest BCUT2D eigenvalue weighted by Gasteiger charge is 2.46. The summed E-state index contributed by atoms with van der Waals surface area (Å²) >= 11 is 0. The van der Waals surface area contributed by atoms with Crippen LogP contribution in [0.2, 0.25) is 0 Å². The summed E-state index contributed by atoms with van der Waals surface area (Å²) in [6.07, 6.45) is 1.48. The Hall–Kier alpha value is -4.33. The van der Waals surface area contributed by atoms with Crippen LogP contribution in [0.15, 0.2) is 76.9 Å². The third-order valence-electron chi connectivity index (χ3n) is 5.46. The van der Waals surface area contributed by atoms with Crippen LogP contribution >= 0.6 is 0 Å². The number of aliphatic hydroxyl groups is 1. The highest BCUT2D eigenvalue weighted by molar-refractivity contribution is 6.46. The first-order chi connectivity index (χ1) is 15.9. The van der Waals surface area contributed by atoms with Gasteiger partial charge < -0.3 is 23.9 Å². The standard InChI is InChI=1S/C25H21NO7/c1-31-18-11-9-16(10-12-18)22(27)20-21(15-5-7-17(8-6-15)25(30)32-2)26(24(29)23(20)28)14-19-4-3-13-33-19/h3-13,21,27H,14H2,1-2H3. The monoisotopic (exact) mass is 447 g/mol. The molecule has 0 saturated carbocycles. The van der Waals surface area contributed by atoms with Gasteiger partial charge in [-0.2, -0.15) is 0 Å². The average Bonchev–Trinajstić information content (AvgIpc) is 3.45. The molecule has 0 spiro atoms. The van der Waals surface area contributed by atoms with Crippen molar-refractivity contribution in [1.29, 1.82) is 0 Å². The summed E-state index contributed by atoms with van der Waals surface area (Å²) in [5, 5.41) is 11.1. The van der Waals surface area contributed by atoms with Gasteiger partial charge in [-0.15, -0.1) is 0 Å². The molecule has 8 heteroatoms. The molecule has 0 bridgehead atoms. The molecule has 168 valence electrons. The minimum absolute atomic E-state index is 0.0282. The fourth-order valence-electron chi connectivity index (χ4n) is 3.78. The average molecular weight is 447 g/mol. The van der Waals surface area contributed by atoms with E-state index >= 15 is 0 Å². The van der Waals surface area contributed by atoms with Crippen LogP contribution in [-0.2, 0) is 20.9 Å². The van der Waals surface area contributed by atoms with Crippen LogP contribution in [0.4, 0.5) is 0 Å². The molecule has 1 aliphatic rings. The van der Waals surface area contributed by atoms with Crippen molar-refractivity contribution < 1.29 is 33.4 Å². The molecule has 2 aromatic carbocycles. The molecule has 4 rings (SSSR count). The molecule has 1 atom stereocenters. The molecular weight excluding hydrogens is 426 g/mol. The van der Waals surface area contributed by atoms with Crippen LogP contribution in [0.25, 0.3) is 5.76 Å². The number of amides is 1. The highest BCUT2D eigenvalue weighted by Crippen LogP contribution is 2.40. The van der Waals surface area contributed by atoms with Crippen molar-refractivity contribution in [2.75, 3.05) is 14.2 Å². The van der Waals surface area contributed by atoms with Crippen LogP contribution in [0.1, 0.15) is 33.3 Å². The molecule has 3 aromatic rings. The number of ether oxygens (including phenoxy) is 2. The van der Waals surface area contributed by atoms with Gasteiger partial charge in [0, 0.05) is 5.56 Å². The smallest absolute Gasteiger partial charge is 0.337 e. The number of Topliss-reactive ketones (excluding diaryl/α,β-unsaturated/α-hetero) is 1. The largest absolute Gasteiger partial charge is 0.507 e. The number of rotatable bonds is 6. The molecule has 1 aliphatic heterocycles. The van der Waals surface area contributed by atoms with Crippen molar-refractivity contribution in [2.24, 2.45) is 0 Å². The lowest BCUT2D eigenvalue weighted by Crippen LogP contribution is -2.29. The second kappa shape index (κ2) is 9.04. The Kier molecular flexibility index (Phi) is 5.99. The van der Waals surface area contributed by atoms with Crippen molar-refractivity contribution in [3.8, 4) is 5.75 Å². The first kappa shape index (κ1) is 21.9. The molecule has 1 aromatic heterocycles. The highest BCUT2D eigenvalue weighted by atomic mass is 16.5. The van der Waals surface area contributed by atoms with E-state index in [1.54, 1.807) is 60.7 Å². The van der Waals surface area contributed by atoms with E-state index in [1.807, 2.05) is 0 Å². The molecule has 33 heavy (non-hydrogen) atoms. The van der Waals surface area contributed by atoms with Crippen molar-refractivity contribution in [3.05, 3.63) is 95.0 Å². The van der Waals surface area contributed by atoms with Gasteiger partial charge in [0.05, 0.1) is 44.2 Å². The Morgan fingerprint density at radius 2 is 1.67 bits per heavy atom. The van der Waals surface area contributed by atoms with Gasteiger partial charge in [-0.3, -0.25) is 9.59 Å². The number of furan rings is 1. The number of methoxy groups -OCH3 is 2. The van der Waals surface area contributed by atoms with E-state index in [9.17, 15) is 19.5 Å². The van der Waals surface area contributed by atoms with Gasteiger partial charge in [0.1, 0.15) is 17.3 Å². The number of nitrogens with zero attached hydrogens (tertiary/aromatic N) is 1. The molecule has 1 N–H and O–H groups in total. The van der Waals surface area contributed by atoms with Gasteiger partial charge in [-0.25, -0.2) is 4.79 Å². The number of esters is 1. The number of ketones is 1. The van der Waals surface area contributed by atoms with E-state index in [-0.39, 0.29) is 17.9 Å². The Labute approximate surface area is 189 Å². The number of benzene rings is 2. The lowest BCUT2D eigenvalue weighted by molar-refractivity contribution is -0.140. The van der Waals surface area contributed by atoms with Gasteiger partial charge >= 0.3 is 5.97 Å². The fourth-order valence-corrected chi connectivity index (χ4v) is 3.78. The van der Waals surface area contributed by atoms with Crippen molar-refractivity contribution in [1.82, 2.24) is 4.90 Å². The molecule has 1 fully saturated rings. The summed E-state index contributed by atoms with van der Waals surface area (Å²) < 4.78 is 15.3. The third kappa shape index (κ3) is 4.10. The molecule has 0 aliphatic carbocycles. The Bertz CT molecular complexity index is 1210. The second-order valence-corrected chi connectivity index (χ2v) is 7.35. The topological polar surface area (TPSA) is 106 Å². The fraction of sp³-hybridized carbons (Fsp3) is 0.160. The summed E-state index contributed by atoms with van der Waals surface area (Å²) in [5.74, 6) is -1.32. The number of likely N-dealkylation sites (tertiary alicyclic amines) is 1. The lowest BCUT2D eigenvalue weighted by Gasteiger charge is -2.24. The van der Waals surface area contributed by atoms with Crippen LogP contribution in [0.5, 0.6) is 5.75 Å². The molecular formula is C25H21NO7. The summed E-state index contributed by atoms with van der Waals surface area (Å²) in [6, 6.07) is 15.3. The normalized spacial score (nSPS) is 17.3. The van der Waals surface area contributed by atoms with Crippen molar-refractivity contribution in [3.63, 3.8) is 0 Å². The number of carbonyl (C=O) groups excluding carboxylic acids is 3. The minimum Gasteiger partial charge on any atom is -0.507 e. The van der Waals surface area contributed by atoms with Crippen LogP contribution in [-0.4, -0.2) is 41.9 Å². The maximum absolute atomic E-state index is 13.0. The first-order valence-electron chi connectivity index (χ1n) is 10.1. The van der Waals surface area contributed by atoms with E-state index < -0.39 is 23.7 Å². The SMILES string of the molecule is COC(=O)c1ccc(C2C(=C(O)c3ccc(OC)cc3)C(=O)C(=O)N2Cc2ccco2)cc1. The van der Waals surface area contributed by atoms with E-state index in [4.69, 9.17) is 13.9 Å². The predicted octanol–water partition coefficient (Wildman–Crippen LogP) is 3.70. The van der Waals surface area contributed by atoms with Gasteiger partial charge in [-0.05, 0) is 54.1 Å². The van der Waals surface area contributed by atoms with E-state index in [1.165, 1.54) is 25.4 Å². The number of carbonyl (C=O) groups is 3. The molecule has 2 heterocycles. The van der Waals surface area contributed by atoms with E-state index in [2.05, 4.69) is 0 Å². The molecule has 1 unspecified atom stereocenters. The molecule has 8 nitrogen and oxygen atoms in total. The molecule has 0 radical (unpaired) electrons. The molecule has 1 saturated heterocycles. The van der Waals surface area contributed by atoms with Gasteiger partial charge in [0.15, 0.2) is 0 Å². The first-order valence-corrected chi connectivity index (χ1v) is 10.1. The summed E-state index contributed by atoms with van der Waals surface area (Å²) in [6.45, 7) is 0.0282. The quantitative estimate of drug-likeness (QED) is 0.266. The van der Waals surface area contributed by atoms with Gasteiger partial charge in [-0.1, -0.05) is 12.1 Å². The number of aliphatic hydroxyl groups excluding tert-OH is 1. The van der Waals surface area contributed by atoms with Crippen molar-refractivity contribution >= 4 is 23.4 Å². The third-order valence-corrected chi connectivity index (χ3v) is 5.46. The number of hydrogen-bond acceptors (Lipinski definition) is 7. The number of hydrogen-bond donors (Lipinski definition) is 1. The van der Waals surface area contributed by atoms with Crippen LogP contribution in [0, 0.1) is 0 Å². The van der Waals surface area contributed by atoms with E-state index in [0.717, 1.165) is 0 Å². The van der Waals surface area contributed by atoms with Crippen LogP contribution in [0.3, 0.4) is 0 Å². The zero-order chi connectivity index (χ0) is 23.5. The summed E-state index contributed by atoms with van der Waals surface area (Å²) in [4.78, 5) is 39.2.